The molecule has 0 spiro atoms. The predicted molar refractivity (Wildman–Crippen MR) is 75.8 cm³/mol. The molecule has 1 aliphatic rings. The molecule has 0 aliphatic carbocycles. The number of nitrogens with one attached hydrogen (secondary N) is 1. The van der Waals surface area contributed by atoms with Crippen LogP contribution >= 0.6 is 0 Å². The fraction of sp³-hybridized carbons (Fsp3) is 0.467. The van der Waals surface area contributed by atoms with Crippen LogP contribution in [0.25, 0.3) is 0 Å². The summed E-state index contributed by atoms with van der Waals surface area (Å²) in [5, 5.41) is 11.8. The molecule has 0 unspecified atom stereocenters. The Balaban J connectivity index is 2.00. The minimum absolute atomic E-state index is 0.280. The Morgan fingerprint density at radius 1 is 1.29 bits per heavy atom. The van der Waals surface area contributed by atoms with E-state index in [9.17, 15) is 9.59 Å². The van der Waals surface area contributed by atoms with Crippen LogP contribution in [0.1, 0.15) is 30.6 Å². The van der Waals surface area contributed by atoms with E-state index in [4.69, 9.17) is 14.6 Å². The van der Waals surface area contributed by atoms with E-state index < -0.39 is 11.4 Å². The fourth-order valence-corrected chi connectivity index (χ4v) is 1.94. The lowest BCUT2D eigenvalue weighted by Crippen LogP contribution is -2.32. The summed E-state index contributed by atoms with van der Waals surface area (Å²) in [6.07, 6.45) is 0.348. The molecule has 2 N–H and O–H groups in total. The number of para-hydroxylation sites is 1. The first-order valence-electron chi connectivity index (χ1n) is 6.82. The highest BCUT2D eigenvalue weighted by atomic mass is 16.6. The van der Waals surface area contributed by atoms with E-state index in [0.29, 0.717) is 36.7 Å². The molecule has 6 nitrogen and oxygen atoms in total. The van der Waals surface area contributed by atoms with Crippen molar-refractivity contribution >= 4 is 11.9 Å². The van der Waals surface area contributed by atoms with E-state index in [2.05, 4.69) is 5.32 Å². The molecule has 6 heteroatoms. The van der Waals surface area contributed by atoms with Crippen LogP contribution in [0.2, 0.25) is 0 Å². The van der Waals surface area contributed by atoms with Crippen molar-refractivity contribution in [2.24, 2.45) is 5.41 Å². The van der Waals surface area contributed by atoms with Gasteiger partial charge in [0.2, 0.25) is 0 Å². The third kappa shape index (κ3) is 3.45. The Bertz CT molecular complexity index is 553. The first-order valence-corrected chi connectivity index (χ1v) is 6.82. The van der Waals surface area contributed by atoms with Gasteiger partial charge in [0.1, 0.15) is 13.2 Å². The molecule has 0 saturated heterocycles. The molecular weight excluding hydrogens is 274 g/mol. The second-order valence-corrected chi connectivity index (χ2v) is 5.52. The lowest BCUT2D eigenvalue weighted by Gasteiger charge is -2.21. The quantitative estimate of drug-likeness (QED) is 0.863. The maximum Gasteiger partial charge on any atom is 0.309 e. The molecule has 21 heavy (non-hydrogen) atoms. The van der Waals surface area contributed by atoms with Gasteiger partial charge in [-0.1, -0.05) is 6.07 Å². The van der Waals surface area contributed by atoms with Crippen LogP contribution in [-0.2, 0) is 4.79 Å². The van der Waals surface area contributed by atoms with Gasteiger partial charge in [0.05, 0.1) is 11.0 Å². The highest BCUT2D eigenvalue weighted by molar-refractivity contribution is 5.97. The van der Waals surface area contributed by atoms with E-state index in [1.165, 1.54) is 0 Å². The van der Waals surface area contributed by atoms with Crippen molar-refractivity contribution in [3.63, 3.8) is 0 Å². The number of aliphatic carboxylic acids is 1. The van der Waals surface area contributed by atoms with E-state index in [1.807, 2.05) is 0 Å². The summed E-state index contributed by atoms with van der Waals surface area (Å²) in [4.78, 5) is 23.2. The summed E-state index contributed by atoms with van der Waals surface area (Å²) in [6, 6.07) is 5.13. The smallest absolute Gasteiger partial charge is 0.309 e. The molecule has 0 bridgehead atoms. The Hall–Kier alpha value is -2.24. The molecule has 2 rings (SSSR count). The van der Waals surface area contributed by atoms with Crippen LogP contribution < -0.4 is 14.8 Å². The number of carboxylic acids is 1. The van der Waals surface area contributed by atoms with Crippen molar-refractivity contribution in [3.8, 4) is 11.5 Å². The number of hydrogen-bond acceptors (Lipinski definition) is 4. The number of carbonyl (C=O) groups excluding carboxylic acids is 1. The highest BCUT2D eigenvalue weighted by Gasteiger charge is 2.27. The number of amides is 1. The number of carbonyl (C=O) groups is 2. The Morgan fingerprint density at radius 2 is 2.00 bits per heavy atom. The van der Waals surface area contributed by atoms with Crippen LogP contribution in [0.15, 0.2) is 18.2 Å². The van der Waals surface area contributed by atoms with Gasteiger partial charge in [-0.2, -0.15) is 0 Å². The number of hydrogen-bond donors (Lipinski definition) is 2. The summed E-state index contributed by atoms with van der Waals surface area (Å²) >= 11 is 0. The highest BCUT2D eigenvalue weighted by Crippen LogP contribution is 2.33. The van der Waals surface area contributed by atoms with Gasteiger partial charge in [-0.15, -0.1) is 0 Å². The molecule has 1 aliphatic heterocycles. The van der Waals surface area contributed by atoms with E-state index >= 15 is 0 Å². The SMILES string of the molecule is CC(C)(CCNC(=O)c1cccc2c1OCCO2)C(=O)O. The molecule has 1 aromatic rings. The number of rotatable bonds is 5. The van der Waals surface area contributed by atoms with Crippen LogP contribution in [0.3, 0.4) is 0 Å². The minimum Gasteiger partial charge on any atom is -0.486 e. The second kappa shape index (κ2) is 6.03. The molecule has 114 valence electrons. The lowest BCUT2D eigenvalue weighted by molar-refractivity contribution is -0.147. The summed E-state index contributed by atoms with van der Waals surface area (Å²) < 4.78 is 10.9. The predicted octanol–water partition coefficient (Wildman–Crippen LogP) is 1.69. The average Bonchev–Trinajstić information content (AvgIpc) is 2.46. The molecule has 0 fully saturated rings. The van der Waals surface area contributed by atoms with Crippen LogP contribution in [0.4, 0.5) is 0 Å². The van der Waals surface area contributed by atoms with Crippen molar-refractivity contribution in [3.05, 3.63) is 23.8 Å². The van der Waals surface area contributed by atoms with Gasteiger partial charge in [0.25, 0.3) is 5.91 Å². The van der Waals surface area contributed by atoms with Gasteiger partial charge in [0.15, 0.2) is 11.5 Å². The second-order valence-electron chi connectivity index (χ2n) is 5.52. The summed E-state index contributed by atoms with van der Waals surface area (Å²) in [5.41, 5.74) is -0.469. The Labute approximate surface area is 123 Å². The third-order valence-electron chi connectivity index (χ3n) is 3.43. The van der Waals surface area contributed by atoms with Crippen molar-refractivity contribution in [1.82, 2.24) is 5.32 Å². The third-order valence-corrected chi connectivity index (χ3v) is 3.43. The standard InChI is InChI=1S/C15H19NO5/c1-15(2,14(18)19)6-7-16-13(17)10-4-3-5-11-12(10)21-9-8-20-11/h3-5H,6-9H2,1-2H3,(H,16,17)(H,18,19). The Morgan fingerprint density at radius 3 is 2.71 bits per heavy atom. The number of ether oxygens (including phenoxy) is 2. The number of carboxylic acid groups (broad SMARTS) is 1. The van der Waals surface area contributed by atoms with Crippen molar-refractivity contribution in [1.29, 1.82) is 0 Å². The van der Waals surface area contributed by atoms with Crippen LogP contribution in [0.5, 0.6) is 11.5 Å². The normalized spacial score (nSPS) is 13.6. The van der Waals surface area contributed by atoms with Crippen molar-refractivity contribution < 1.29 is 24.2 Å². The van der Waals surface area contributed by atoms with Crippen molar-refractivity contribution in [2.45, 2.75) is 20.3 Å². The molecule has 0 aromatic heterocycles. The van der Waals surface area contributed by atoms with Crippen LogP contribution in [-0.4, -0.2) is 36.7 Å². The lowest BCUT2D eigenvalue weighted by atomic mass is 9.90. The van der Waals surface area contributed by atoms with E-state index in [0.717, 1.165) is 0 Å². The fourth-order valence-electron chi connectivity index (χ4n) is 1.94. The van der Waals surface area contributed by atoms with E-state index in [-0.39, 0.29) is 12.5 Å². The zero-order chi connectivity index (χ0) is 15.5. The molecule has 1 heterocycles. The maximum absolute atomic E-state index is 12.2. The number of benzene rings is 1. The largest absolute Gasteiger partial charge is 0.486 e. The van der Waals surface area contributed by atoms with Gasteiger partial charge in [-0.3, -0.25) is 9.59 Å². The van der Waals surface area contributed by atoms with Gasteiger partial charge in [-0.05, 0) is 32.4 Å². The minimum atomic E-state index is -0.884. The van der Waals surface area contributed by atoms with Gasteiger partial charge in [-0.25, -0.2) is 0 Å². The zero-order valence-corrected chi connectivity index (χ0v) is 12.1. The average molecular weight is 293 g/mol. The van der Waals surface area contributed by atoms with Gasteiger partial charge in [0, 0.05) is 6.54 Å². The summed E-state index contributed by atoms with van der Waals surface area (Å²) in [6.45, 7) is 4.41. The van der Waals surface area contributed by atoms with Gasteiger partial charge >= 0.3 is 5.97 Å². The monoisotopic (exact) mass is 293 g/mol. The Kier molecular flexibility index (Phi) is 4.35. The maximum atomic E-state index is 12.2. The first-order chi connectivity index (χ1) is 9.92. The molecule has 1 amide bonds. The molecule has 0 radical (unpaired) electrons. The molecule has 0 saturated carbocycles. The van der Waals surface area contributed by atoms with Gasteiger partial charge < -0.3 is 19.9 Å². The number of fused-ring (bicyclic) bond motifs is 1. The topological polar surface area (TPSA) is 84.9 Å². The van der Waals surface area contributed by atoms with Crippen molar-refractivity contribution in [2.75, 3.05) is 19.8 Å². The summed E-state index contributed by atoms with van der Waals surface area (Å²) in [7, 11) is 0. The molecule has 0 atom stereocenters. The van der Waals surface area contributed by atoms with E-state index in [1.54, 1.807) is 32.0 Å². The zero-order valence-electron chi connectivity index (χ0n) is 12.1. The van der Waals surface area contributed by atoms with Crippen LogP contribution in [0, 0.1) is 5.41 Å². The molecular formula is C15H19NO5. The molecule has 1 aromatic carbocycles. The first kappa shape index (κ1) is 15.2. The summed E-state index contributed by atoms with van der Waals surface area (Å²) in [5.74, 6) is -0.178.